The minimum atomic E-state index is 0.620. The van der Waals surface area contributed by atoms with E-state index in [9.17, 15) is 0 Å². The maximum Gasteiger partial charge on any atom is 0.119 e. The van der Waals surface area contributed by atoms with E-state index in [4.69, 9.17) is 4.74 Å². The van der Waals surface area contributed by atoms with Gasteiger partial charge in [0.05, 0.1) is 7.11 Å². The third kappa shape index (κ3) is 1.83. The van der Waals surface area contributed by atoms with Crippen molar-refractivity contribution in [2.75, 3.05) is 20.2 Å². The average molecular weight is 176 g/mol. The lowest BCUT2D eigenvalue weighted by molar-refractivity contribution is 0.414. The number of rotatable bonds is 2. The van der Waals surface area contributed by atoms with Crippen molar-refractivity contribution in [1.82, 2.24) is 5.32 Å². The first-order valence-electron chi connectivity index (χ1n) is 4.67. The van der Waals surface area contributed by atoms with Crippen LogP contribution in [0.25, 0.3) is 0 Å². The molecule has 0 saturated carbocycles. The van der Waals surface area contributed by atoms with Crippen molar-refractivity contribution >= 4 is 0 Å². The molecule has 69 valence electrons. The molecule has 1 saturated heterocycles. The van der Waals surface area contributed by atoms with Crippen molar-refractivity contribution in [1.29, 1.82) is 0 Å². The maximum absolute atomic E-state index is 5.18. The number of hydrogen-bond acceptors (Lipinski definition) is 1. The van der Waals surface area contributed by atoms with Gasteiger partial charge in [0.1, 0.15) is 5.75 Å². The van der Waals surface area contributed by atoms with Gasteiger partial charge in [-0.05, 0) is 30.0 Å². The quantitative estimate of drug-likeness (QED) is 0.673. The minimum absolute atomic E-state index is 0.620. The normalized spacial score (nSPS) is 21.8. The molecule has 0 spiro atoms. The summed E-state index contributed by atoms with van der Waals surface area (Å²) in [5.74, 6) is 1.57. The predicted molar refractivity (Wildman–Crippen MR) is 52.2 cm³/mol. The van der Waals surface area contributed by atoms with Gasteiger partial charge < -0.3 is 4.74 Å². The fourth-order valence-corrected chi connectivity index (χ4v) is 1.75. The van der Waals surface area contributed by atoms with E-state index in [2.05, 4.69) is 17.4 Å². The zero-order chi connectivity index (χ0) is 9.10. The van der Waals surface area contributed by atoms with Gasteiger partial charge in [-0.25, -0.2) is 5.32 Å². The van der Waals surface area contributed by atoms with E-state index in [0.29, 0.717) is 5.92 Å². The summed E-state index contributed by atoms with van der Waals surface area (Å²) in [6.07, 6.45) is 1.19. The summed E-state index contributed by atoms with van der Waals surface area (Å²) in [5.41, 5.74) is 1.36. The molecular weight excluding hydrogens is 162 g/mol. The zero-order valence-electron chi connectivity index (χ0n) is 7.86. The van der Waals surface area contributed by atoms with Gasteiger partial charge >= 0.3 is 0 Å². The standard InChI is InChI=1S/C11H14NO/c1-13-11-4-2-3-9(7-11)10-5-6-12-8-10/h2-4,7,10H,5-6,8H2,1H3. The predicted octanol–water partition coefficient (Wildman–Crippen LogP) is 1.79. The summed E-state index contributed by atoms with van der Waals surface area (Å²) in [7, 11) is 1.71. The molecule has 1 aliphatic heterocycles. The first-order chi connectivity index (χ1) is 6.40. The van der Waals surface area contributed by atoms with Crippen LogP contribution >= 0.6 is 0 Å². The van der Waals surface area contributed by atoms with E-state index in [-0.39, 0.29) is 0 Å². The Balaban J connectivity index is 2.18. The summed E-state index contributed by atoms with van der Waals surface area (Å²) in [6.45, 7) is 2.00. The number of nitrogens with zero attached hydrogens (tertiary/aromatic N) is 1. The van der Waals surface area contributed by atoms with Crippen molar-refractivity contribution < 1.29 is 4.74 Å². The maximum atomic E-state index is 5.18. The fraction of sp³-hybridized carbons (Fsp3) is 0.455. The Morgan fingerprint density at radius 3 is 3.08 bits per heavy atom. The molecule has 0 N–H and O–H groups in total. The van der Waals surface area contributed by atoms with E-state index in [0.717, 1.165) is 18.8 Å². The van der Waals surface area contributed by atoms with Gasteiger partial charge in [0.25, 0.3) is 0 Å². The van der Waals surface area contributed by atoms with Crippen molar-refractivity contribution in [2.24, 2.45) is 0 Å². The highest BCUT2D eigenvalue weighted by Crippen LogP contribution is 2.25. The molecule has 13 heavy (non-hydrogen) atoms. The molecule has 1 fully saturated rings. The van der Waals surface area contributed by atoms with Gasteiger partial charge in [-0.15, -0.1) is 0 Å². The van der Waals surface area contributed by atoms with E-state index in [1.165, 1.54) is 12.0 Å². The van der Waals surface area contributed by atoms with E-state index in [1.807, 2.05) is 12.1 Å². The van der Waals surface area contributed by atoms with E-state index < -0.39 is 0 Å². The lowest BCUT2D eigenvalue weighted by Crippen LogP contribution is -2.01. The van der Waals surface area contributed by atoms with Crippen LogP contribution in [0.15, 0.2) is 24.3 Å². The van der Waals surface area contributed by atoms with Crippen LogP contribution in [0.3, 0.4) is 0 Å². The second-order valence-corrected chi connectivity index (χ2v) is 3.39. The number of methoxy groups -OCH3 is 1. The monoisotopic (exact) mass is 176 g/mol. The van der Waals surface area contributed by atoms with Crippen LogP contribution in [0.4, 0.5) is 0 Å². The second kappa shape index (κ2) is 3.79. The number of ether oxygens (including phenoxy) is 1. The Hall–Kier alpha value is -1.02. The van der Waals surface area contributed by atoms with Gasteiger partial charge in [0, 0.05) is 13.1 Å². The van der Waals surface area contributed by atoms with Gasteiger partial charge in [-0.3, -0.25) is 0 Å². The highest BCUT2D eigenvalue weighted by Gasteiger charge is 2.17. The third-order valence-corrected chi connectivity index (χ3v) is 2.55. The van der Waals surface area contributed by atoms with Gasteiger partial charge in [-0.1, -0.05) is 12.1 Å². The number of benzene rings is 1. The van der Waals surface area contributed by atoms with Crippen LogP contribution in [0.5, 0.6) is 5.75 Å². The molecule has 0 aromatic heterocycles. The zero-order valence-corrected chi connectivity index (χ0v) is 7.86. The third-order valence-electron chi connectivity index (χ3n) is 2.55. The molecule has 2 heteroatoms. The first kappa shape index (κ1) is 8.57. The van der Waals surface area contributed by atoms with Crippen molar-refractivity contribution in [3.05, 3.63) is 29.8 Å². The van der Waals surface area contributed by atoms with Crippen LogP contribution in [0.2, 0.25) is 0 Å². The van der Waals surface area contributed by atoms with Crippen molar-refractivity contribution in [3.8, 4) is 5.75 Å². The molecule has 1 heterocycles. The summed E-state index contributed by atoms with van der Waals surface area (Å²) < 4.78 is 5.18. The Kier molecular flexibility index (Phi) is 2.50. The van der Waals surface area contributed by atoms with Crippen molar-refractivity contribution in [2.45, 2.75) is 12.3 Å². The van der Waals surface area contributed by atoms with Crippen molar-refractivity contribution in [3.63, 3.8) is 0 Å². The highest BCUT2D eigenvalue weighted by atomic mass is 16.5. The molecule has 1 aromatic rings. The van der Waals surface area contributed by atoms with Gasteiger partial charge in [-0.2, -0.15) is 0 Å². The molecule has 0 bridgehead atoms. The Morgan fingerprint density at radius 1 is 1.46 bits per heavy atom. The SMILES string of the molecule is COc1cccc(C2CC[N]C2)c1. The lowest BCUT2D eigenvalue weighted by atomic mass is 9.98. The molecular formula is C11H14NO. The molecule has 1 atom stereocenters. The minimum Gasteiger partial charge on any atom is -0.497 e. The molecule has 1 aromatic carbocycles. The average Bonchev–Trinajstić information content (AvgIpc) is 2.71. The summed E-state index contributed by atoms with van der Waals surface area (Å²) in [6, 6.07) is 8.31. The Bertz CT molecular complexity index is 279. The summed E-state index contributed by atoms with van der Waals surface area (Å²) in [4.78, 5) is 0. The van der Waals surface area contributed by atoms with E-state index in [1.54, 1.807) is 7.11 Å². The van der Waals surface area contributed by atoms with Crippen LogP contribution in [-0.2, 0) is 0 Å². The fourth-order valence-electron chi connectivity index (χ4n) is 1.75. The molecule has 2 nitrogen and oxygen atoms in total. The lowest BCUT2D eigenvalue weighted by Gasteiger charge is -2.09. The van der Waals surface area contributed by atoms with Crippen LogP contribution in [-0.4, -0.2) is 20.2 Å². The molecule has 1 radical (unpaired) electrons. The summed E-state index contributed by atoms with van der Waals surface area (Å²) >= 11 is 0. The molecule has 2 rings (SSSR count). The highest BCUT2D eigenvalue weighted by molar-refractivity contribution is 5.31. The summed E-state index contributed by atoms with van der Waals surface area (Å²) in [5, 5.41) is 4.36. The van der Waals surface area contributed by atoms with E-state index >= 15 is 0 Å². The largest absolute Gasteiger partial charge is 0.497 e. The van der Waals surface area contributed by atoms with Crippen LogP contribution in [0, 0.1) is 0 Å². The first-order valence-corrected chi connectivity index (χ1v) is 4.67. The molecule has 0 aliphatic carbocycles. The molecule has 1 aliphatic rings. The second-order valence-electron chi connectivity index (χ2n) is 3.39. The topological polar surface area (TPSA) is 23.3 Å². The van der Waals surface area contributed by atoms with Crippen LogP contribution < -0.4 is 10.1 Å². The Labute approximate surface area is 78.9 Å². The molecule has 0 amide bonds. The molecule has 1 unspecified atom stereocenters. The number of hydrogen-bond donors (Lipinski definition) is 0. The smallest absolute Gasteiger partial charge is 0.119 e. The van der Waals surface area contributed by atoms with Gasteiger partial charge in [0.15, 0.2) is 0 Å². The van der Waals surface area contributed by atoms with Gasteiger partial charge in [0.2, 0.25) is 0 Å². The Morgan fingerprint density at radius 2 is 2.38 bits per heavy atom. The van der Waals surface area contributed by atoms with Crippen LogP contribution in [0.1, 0.15) is 17.9 Å².